The average Bonchev–Trinajstić information content (AvgIpc) is 3.02. The second-order valence-corrected chi connectivity index (χ2v) is 5.09. The average molecular weight is 259 g/mol. The number of nitrogen functional groups attached to an aromatic ring is 1. The molecule has 17 heavy (non-hydrogen) atoms. The van der Waals surface area contributed by atoms with Crippen LogP contribution in [0.4, 0.5) is 5.82 Å². The largest absolute Gasteiger partial charge is 0.384 e. The number of nitrogens with zero attached hydrogens (tertiary/aromatic N) is 2. The fraction of sp³-hybridized carbons (Fsp3) is 0. The van der Waals surface area contributed by atoms with Crippen LogP contribution in [0.2, 0.25) is 0 Å². The summed E-state index contributed by atoms with van der Waals surface area (Å²) in [4.78, 5) is 8.80. The first kappa shape index (κ1) is 10.4. The van der Waals surface area contributed by atoms with E-state index in [2.05, 4.69) is 15.3 Å². The van der Waals surface area contributed by atoms with Crippen molar-refractivity contribution in [3.8, 4) is 22.6 Å². The molecule has 2 N–H and O–H groups in total. The van der Waals surface area contributed by atoms with Crippen LogP contribution in [0.25, 0.3) is 22.6 Å². The highest BCUT2D eigenvalue weighted by Crippen LogP contribution is 2.25. The van der Waals surface area contributed by atoms with Gasteiger partial charge in [-0.1, -0.05) is 0 Å². The Hall–Kier alpha value is -1.72. The molecule has 0 radical (unpaired) electrons. The van der Waals surface area contributed by atoms with Gasteiger partial charge in [0.05, 0.1) is 5.69 Å². The number of nitrogens with two attached hydrogens (primary N) is 1. The molecule has 0 aliphatic heterocycles. The van der Waals surface area contributed by atoms with E-state index in [0.717, 1.165) is 16.8 Å². The molecule has 3 rings (SSSR count). The van der Waals surface area contributed by atoms with Gasteiger partial charge in [-0.3, -0.25) is 0 Å². The standard InChI is InChI=1S/C12H9N3S2/c13-11-5-10(8-1-3-16-6-8)14-12(15-11)9-2-4-17-7-9/h1-7H,(H2,13,14,15). The van der Waals surface area contributed by atoms with Crippen molar-refractivity contribution < 1.29 is 0 Å². The van der Waals surface area contributed by atoms with Crippen molar-refractivity contribution >= 4 is 28.5 Å². The fourth-order valence-electron chi connectivity index (χ4n) is 1.54. The molecule has 3 aromatic heterocycles. The monoisotopic (exact) mass is 259 g/mol. The number of anilines is 1. The third kappa shape index (κ3) is 2.07. The Bertz CT molecular complexity index is 563. The number of aromatic nitrogens is 2. The molecule has 0 aromatic carbocycles. The highest BCUT2D eigenvalue weighted by Gasteiger charge is 2.07. The zero-order valence-electron chi connectivity index (χ0n) is 8.83. The van der Waals surface area contributed by atoms with E-state index in [-0.39, 0.29) is 0 Å². The SMILES string of the molecule is Nc1cc(-c2ccsc2)nc(-c2ccsc2)n1. The van der Waals surface area contributed by atoms with Crippen LogP contribution in [-0.2, 0) is 0 Å². The third-order valence-corrected chi connectivity index (χ3v) is 3.71. The molecule has 0 unspecified atom stereocenters. The lowest BCUT2D eigenvalue weighted by Crippen LogP contribution is -1.96. The quantitative estimate of drug-likeness (QED) is 0.766. The minimum absolute atomic E-state index is 0.502. The molecule has 0 aliphatic rings. The van der Waals surface area contributed by atoms with E-state index in [1.54, 1.807) is 28.7 Å². The molecule has 3 nitrogen and oxygen atoms in total. The predicted molar refractivity (Wildman–Crippen MR) is 73.1 cm³/mol. The van der Waals surface area contributed by atoms with Crippen molar-refractivity contribution in [3.63, 3.8) is 0 Å². The lowest BCUT2D eigenvalue weighted by molar-refractivity contribution is 1.19. The first-order chi connectivity index (χ1) is 8.33. The van der Waals surface area contributed by atoms with Gasteiger partial charge in [0.25, 0.3) is 0 Å². The molecular weight excluding hydrogens is 250 g/mol. The van der Waals surface area contributed by atoms with E-state index in [1.807, 2.05) is 28.3 Å². The maximum atomic E-state index is 5.83. The van der Waals surface area contributed by atoms with E-state index in [9.17, 15) is 0 Å². The van der Waals surface area contributed by atoms with Crippen molar-refractivity contribution in [1.82, 2.24) is 9.97 Å². The van der Waals surface area contributed by atoms with Crippen LogP contribution in [0, 0.1) is 0 Å². The van der Waals surface area contributed by atoms with E-state index in [0.29, 0.717) is 11.6 Å². The molecule has 0 aliphatic carbocycles. The summed E-state index contributed by atoms with van der Waals surface area (Å²) in [5.74, 6) is 1.19. The summed E-state index contributed by atoms with van der Waals surface area (Å²) in [6.45, 7) is 0. The molecule has 0 fully saturated rings. The molecule has 5 heteroatoms. The number of hydrogen-bond acceptors (Lipinski definition) is 5. The van der Waals surface area contributed by atoms with Crippen LogP contribution >= 0.6 is 22.7 Å². The van der Waals surface area contributed by atoms with E-state index < -0.39 is 0 Å². The van der Waals surface area contributed by atoms with Gasteiger partial charge in [0.2, 0.25) is 0 Å². The first-order valence-corrected chi connectivity index (χ1v) is 6.91. The van der Waals surface area contributed by atoms with Gasteiger partial charge in [-0.05, 0) is 22.9 Å². The molecule has 0 saturated carbocycles. The van der Waals surface area contributed by atoms with Crippen molar-refractivity contribution in [2.75, 3.05) is 5.73 Å². The summed E-state index contributed by atoms with van der Waals surface area (Å²) in [5, 5.41) is 8.11. The van der Waals surface area contributed by atoms with Gasteiger partial charge in [0, 0.05) is 28.0 Å². The molecule has 84 valence electrons. The Labute approximate surface area is 107 Å². The van der Waals surface area contributed by atoms with Gasteiger partial charge in [0.1, 0.15) is 5.82 Å². The third-order valence-electron chi connectivity index (χ3n) is 2.34. The molecule has 0 saturated heterocycles. The Morgan fingerprint density at radius 2 is 1.65 bits per heavy atom. The Morgan fingerprint density at radius 1 is 0.941 bits per heavy atom. The highest BCUT2D eigenvalue weighted by molar-refractivity contribution is 7.08. The number of thiophene rings is 2. The molecule has 0 spiro atoms. The smallest absolute Gasteiger partial charge is 0.162 e. The van der Waals surface area contributed by atoms with E-state index in [1.165, 1.54) is 0 Å². The van der Waals surface area contributed by atoms with E-state index >= 15 is 0 Å². The summed E-state index contributed by atoms with van der Waals surface area (Å²) in [6.07, 6.45) is 0. The summed E-state index contributed by atoms with van der Waals surface area (Å²) < 4.78 is 0. The van der Waals surface area contributed by atoms with Crippen LogP contribution in [0.3, 0.4) is 0 Å². The van der Waals surface area contributed by atoms with Crippen LogP contribution < -0.4 is 5.73 Å². The molecule has 3 aromatic rings. The maximum Gasteiger partial charge on any atom is 0.162 e. The molecule has 0 atom stereocenters. The van der Waals surface area contributed by atoms with Crippen molar-refractivity contribution in [2.45, 2.75) is 0 Å². The fourth-order valence-corrected chi connectivity index (χ4v) is 2.83. The second-order valence-electron chi connectivity index (χ2n) is 3.53. The summed E-state index contributed by atoms with van der Waals surface area (Å²) in [5.41, 5.74) is 8.80. The second kappa shape index (κ2) is 4.27. The Kier molecular flexibility index (Phi) is 2.62. The van der Waals surface area contributed by atoms with Gasteiger partial charge in [-0.25, -0.2) is 9.97 Å². The van der Waals surface area contributed by atoms with Crippen LogP contribution in [-0.4, -0.2) is 9.97 Å². The molecule has 3 heterocycles. The topological polar surface area (TPSA) is 51.8 Å². The van der Waals surface area contributed by atoms with Crippen molar-refractivity contribution in [2.24, 2.45) is 0 Å². The summed E-state index contributed by atoms with van der Waals surface area (Å²) in [6, 6.07) is 5.83. The summed E-state index contributed by atoms with van der Waals surface area (Å²) in [7, 11) is 0. The van der Waals surface area contributed by atoms with Crippen molar-refractivity contribution in [1.29, 1.82) is 0 Å². The van der Waals surface area contributed by atoms with E-state index in [4.69, 9.17) is 5.73 Å². The molecule has 0 amide bonds. The van der Waals surface area contributed by atoms with Gasteiger partial charge in [0.15, 0.2) is 5.82 Å². The highest BCUT2D eigenvalue weighted by atomic mass is 32.1. The predicted octanol–water partition coefficient (Wildman–Crippen LogP) is 3.52. The minimum Gasteiger partial charge on any atom is -0.384 e. The molecule has 0 bridgehead atoms. The zero-order valence-corrected chi connectivity index (χ0v) is 10.5. The lowest BCUT2D eigenvalue weighted by atomic mass is 10.2. The van der Waals surface area contributed by atoms with Gasteiger partial charge >= 0.3 is 0 Å². The van der Waals surface area contributed by atoms with Crippen molar-refractivity contribution in [3.05, 3.63) is 39.7 Å². The Morgan fingerprint density at radius 3 is 2.29 bits per heavy atom. The maximum absolute atomic E-state index is 5.83. The summed E-state index contributed by atoms with van der Waals surface area (Å²) >= 11 is 3.27. The van der Waals surface area contributed by atoms with Crippen LogP contribution in [0.5, 0.6) is 0 Å². The van der Waals surface area contributed by atoms with Crippen LogP contribution in [0.15, 0.2) is 39.7 Å². The van der Waals surface area contributed by atoms with Gasteiger partial charge < -0.3 is 5.73 Å². The number of hydrogen-bond donors (Lipinski definition) is 1. The Balaban J connectivity index is 2.13. The number of rotatable bonds is 2. The lowest BCUT2D eigenvalue weighted by Gasteiger charge is -2.03. The normalized spacial score (nSPS) is 10.6. The zero-order chi connectivity index (χ0) is 11.7. The van der Waals surface area contributed by atoms with Gasteiger partial charge in [-0.15, -0.1) is 0 Å². The van der Waals surface area contributed by atoms with Gasteiger partial charge in [-0.2, -0.15) is 22.7 Å². The first-order valence-electron chi connectivity index (χ1n) is 5.02. The minimum atomic E-state index is 0.502. The van der Waals surface area contributed by atoms with Crippen LogP contribution in [0.1, 0.15) is 0 Å². The molecular formula is C12H9N3S2.